The van der Waals surface area contributed by atoms with Crippen LogP contribution in [0.2, 0.25) is 0 Å². The zero-order chi connectivity index (χ0) is 19.4. The molecule has 0 bridgehead atoms. The van der Waals surface area contributed by atoms with Gasteiger partial charge >= 0.3 is 0 Å². The van der Waals surface area contributed by atoms with Crippen molar-refractivity contribution in [1.82, 2.24) is 0 Å². The molecule has 0 saturated heterocycles. The Hall–Kier alpha value is -1.31. The van der Waals surface area contributed by atoms with E-state index in [0.717, 1.165) is 29.2 Å². The summed E-state index contributed by atoms with van der Waals surface area (Å²) >= 11 is 0. The largest absolute Gasteiger partial charge is 0.507 e. The lowest BCUT2D eigenvalue weighted by Gasteiger charge is -2.60. The molecular formula is C26H37NO. The highest BCUT2D eigenvalue weighted by atomic mass is 16.3. The second-order valence-corrected chi connectivity index (χ2v) is 10.9. The standard InChI is InChI=1S/C26H37NO/c1-25-15-6-5-8-19(25)10-11-20-21-12-13-24(26(21,2)16-14-22(20)25)27-17-18-7-3-4-9-23(18)28/h3-4,7,9,17,19-22,24,28H,5-6,8,10-16H2,1-2H3/t19-,20-,21-,22-,24+,25-,26-/m0/s1. The fourth-order valence-corrected chi connectivity index (χ4v) is 8.28. The van der Waals surface area contributed by atoms with Gasteiger partial charge in [0.1, 0.15) is 5.75 Å². The van der Waals surface area contributed by atoms with Gasteiger partial charge in [-0.3, -0.25) is 4.99 Å². The van der Waals surface area contributed by atoms with Crippen molar-refractivity contribution < 1.29 is 5.11 Å². The second kappa shape index (κ2) is 6.89. The van der Waals surface area contributed by atoms with Gasteiger partial charge in [0.15, 0.2) is 0 Å². The first-order valence-corrected chi connectivity index (χ1v) is 11.8. The third-order valence-electron chi connectivity index (χ3n) is 9.86. The Balaban J connectivity index is 1.37. The van der Waals surface area contributed by atoms with Crippen LogP contribution < -0.4 is 0 Å². The van der Waals surface area contributed by atoms with Crippen LogP contribution in [-0.2, 0) is 0 Å². The number of fused-ring (bicyclic) bond motifs is 5. The maximum atomic E-state index is 10.1. The fourth-order valence-electron chi connectivity index (χ4n) is 8.28. The summed E-state index contributed by atoms with van der Waals surface area (Å²) in [6.07, 6.45) is 16.2. The third-order valence-corrected chi connectivity index (χ3v) is 9.86. The Bertz CT molecular complexity index is 757. The molecule has 1 aromatic rings. The average Bonchev–Trinajstić information content (AvgIpc) is 3.03. The zero-order valence-corrected chi connectivity index (χ0v) is 17.7. The number of para-hydroxylation sites is 1. The van der Waals surface area contributed by atoms with E-state index in [0.29, 0.717) is 22.6 Å². The molecule has 4 aliphatic rings. The lowest BCUT2D eigenvalue weighted by molar-refractivity contribution is -0.105. The van der Waals surface area contributed by atoms with Crippen LogP contribution in [0, 0.1) is 34.5 Å². The molecule has 0 amide bonds. The molecular weight excluding hydrogens is 342 g/mol. The van der Waals surface area contributed by atoms with E-state index < -0.39 is 0 Å². The Morgan fingerprint density at radius 2 is 1.71 bits per heavy atom. The number of benzene rings is 1. The highest BCUT2D eigenvalue weighted by Gasteiger charge is 2.59. The molecule has 4 fully saturated rings. The van der Waals surface area contributed by atoms with Gasteiger partial charge in [0.05, 0.1) is 6.04 Å². The summed E-state index contributed by atoms with van der Waals surface area (Å²) < 4.78 is 0. The Morgan fingerprint density at radius 1 is 0.893 bits per heavy atom. The topological polar surface area (TPSA) is 32.6 Å². The minimum absolute atomic E-state index is 0.346. The Labute approximate surface area is 170 Å². The van der Waals surface area contributed by atoms with E-state index in [1.807, 2.05) is 24.4 Å². The highest BCUT2D eigenvalue weighted by molar-refractivity contribution is 5.83. The molecule has 1 aromatic carbocycles. The molecule has 1 N–H and O–H groups in total. The van der Waals surface area contributed by atoms with E-state index >= 15 is 0 Å². The van der Waals surface area contributed by atoms with E-state index in [9.17, 15) is 5.11 Å². The summed E-state index contributed by atoms with van der Waals surface area (Å²) in [4.78, 5) is 5.06. The average molecular weight is 380 g/mol. The van der Waals surface area contributed by atoms with Gasteiger partial charge in [0, 0.05) is 11.8 Å². The van der Waals surface area contributed by atoms with Gasteiger partial charge in [-0.1, -0.05) is 38.8 Å². The SMILES string of the molecule is C[C@]12CCCC[C@H]1CC[C@@H]1[C@@H]2CC[C@]2(C)[C@H](N=Cc3ccccc3O)CC[C@@H]12. The zero-order valence-electron chi connectivity index (χ0n) is 17.7. The first-order valence-electron chi connectivity index (χ1n) is 11.8. The smallest absolute Gasteiger partial charge is 0.124 e. The van der Waals surface area contributed by atoms with Crippen molar-refractivity contribution in [2.24, 2.45) is 39.5 Å². The van der Waals surface area contributed by atoms with Gasteiger partial charge in [0.25, 0.3) is 0 Å². The Kier molecular flexibility index (Phi) is 4.60. The number of rotatable bonds is 2. The van der Waals surface area contributed by atoms with E-state index in [1.165, 1.54) is 64.2 Å². The maximum absolute atomic E-state index is 10.1. The number of nitrogens with zero attached hydrogens (tertiary/aromatic N) is 1. The number of hydrogen-bond acceptors (Lipinski definition) is 2. The first-order chi connectivity index (χ1) is 13.5. The number of aromatic hydroxyl groups is 1. The summed E-state index contributed by atoms with van der Waals surface area (Å²) in [6, 6.07) is 8.01. The minimum Gasteiger partial charge on any atom is -0.507 e. The van der Waals surface area contributed by atoms with Gasteiger partial charge in [-0.2, -0.15) is 0 Å². The summed E-state index contributed by atoms with van der Waals surface area (Å²) in [5.41, 5.74) is 1.85. The van der Waals surface area contributed by atoms with Crippen LogP contribution in [0.4, 0.5) is 0 Å². The lowest BCUT2D eigenvalue weighted by Crippen LogP contribution is -2.53. The van der Waals surface area contributed by atoms with Gasteiger partial charge in [-0.15, -0.1) is 0 Å². The molecule has 0 unspecified atom stereocenters. The molecule has 0 aliphatic heterocycles. The van der Waals surface area contributed by atoms with Crippen LogP contribution in [0.15, 0.2) is 29.3 Å². The quantitative estimate of drug-likeness (QED) is 0.576. The van der Waals surface area contributed by atoms with Crippen LogP contribution in [0.5, 0.6) is 5.75 Å². The number of phenolic OH excluding ortho intramolecular Hbond substituents is 1. The van der Waals surface area contributed by atoms with Gasteiger partial charge < -0.3 is 5.11 Å². The van der Waals surface area contributed by atoms with Gasteiger partial charge in [-0.25, -0.2) is 0 Å². The van der Waals surface area contributed by atoms with Crippen molar-refractivity contribution in [2.45, 2.75) is 84.1 Å². The van der Waals surface area contributed by atoms with Crippen LogP contribution in [0.3, 0.4) is 0 Å². The predicted molar refractivity (Wildman–Crippen MR) is 116 cm³/mol. The molecule has 4 aliphatic carbocycles. The molecule has 2 heteroatoms. The van der Waals surface area contributed by atoms with E-state index in [2.05, 4.69) is 13.8 Å². The molecule has 0 spiro atoms. The summed E-state index contributed by atoms with van der Waals surface area (Å²) in [5.74, 6) is 4.10. The molecule has 2 nitrogen and oxygen atoms in total. The number of hydrogen-bond donors (Lipinski definition) is 1. The van der Waals surface area contributed by atoms with Crippen molar-refractivity contribution in [3.63, 3.8) is 0 Å². The van der Waals surface area contributed by atoms with Crippen LogP contribution in [-0.4, -0.2) is 17.4 Å². The molecule has 28 heavy (non-hydrogen) atoms. The lowest BCUT2D eigenvalue weighted by atomic mass is 9.45. The van der Waals surface area contributed by atoms with Gasteiger partial charge in [0.2, 0.25) is 0 Å². The van der Waals surface area contributed by atoms with Crippen molar-refractivity contribution in [2.75, 3.05) is 0 Å². The highest BCUT2D eigenvalue weighted by Crippen LogP contribution is 2.66. The number of phenols is 1. The molecule has 7 atom stereocenters. The predicted octanol–water partition coefficient (Wildman–Crippen LogP) is 6.61. The molecule has 4 saturated carbocycles. The Morgan fingerprint density at radius 3 is 2.57 bits per heavy atom. The minimum atomic E-state index is 0.346. The second-order valence-electron chi connectivity index (χ2n) is 10.9. The molecule has 152 valence electrons. The van der Waals surface area contributed by atoms with E-state index in [-0.39, 0.29) is 0 Å². The van der Waals surface area contributed by atoms with E-state index in [1.54, 1.807) is 6.07 Å². The first kappa shape index (κ1) is 18.7. The van der Waals surface area contributed by atoms with Gasteiger partial charge in [-0.05, 0) is 98.0 Å². The summed E-state index contributed by atoms with van der Waals surface area (Å²) in [6.45, 7) is 5.21. The number of aliphatic imine (C=N–C) groups is 1. The van der Waals surface area contributed by atoms with Crippen molar-refractivity contribution in [3.8, 4) is 5.75 Å². The van der Waals surface area contributed by atoms with Crippen molar-refractivity contribution in [3.05, 3.63) is 29.8 Å². The molecule has 0 heterocycles. The van der Waals surface area contributed by atoms with Crippen LogP contribution in [0.1, 0.15) is 83.6 Å². The maximum Gasteiger partial charge on any atom is 0.124 e. The monoisotopic (exact) mass is 379 g/mol. The van der Waals surface area contributed by atoms with Crippen molar-refractivity contribution >= 4 is 6.21 Å². The van der Waals surface area contributed by atoms with E-state index in [4.69, 9.17) is 4.99 Å². The van der Waals surface area contributed by atoms with Crippen LogP contribution in [0.25, 0.3) is 0 Å². The van der Waals surface area contributed by atoms with Crippen molar-refractivity contribution in [1.29, 1.82) is 0 Å². The summed E-state index contributed by atoms with van der Waals surface area (Å²) in [5, 5.41) is 10.1. The normalized spacial score (nSPS) is 45.4. The van der Waals surface area contributed by atoms with Crippen LogP contribution >= 0.6 is 0 Å². The molecule has 0 aromatic heterocycles. The molecule has 0 radical (unpaired) electrons. The molecule has 5 rings (SSSR count). The summed E-state index contributed by atoms with van der Waals surface area (Å²) in [7, 11) is 0. The third kappa shape index (κ3) is 2.77. The fraction of sp³-hybridized carbons (Fsp3) is 0.731.